The lowest BCUT2D eigenvalue weighted by Gasteiger charge is -2.15. The summed E-state index contributed by atoms with van der Waals surface area (Å²) >= 11 is 0. The predicted octanol–water partition coefficient (Wildman–Crippen LogP) is 3.17. The van der Waals surface area contributed by atoms with Crippen molar-refractivity contribution in [1.82, 2.24) is 10.9 Å². The molecule has 132 valence electrons. The maximum Gasteiger partial charge on any atom is 0.242 e. The van der Waals surface area contributed by atoms with E-state index in [9.17, 15) is 9.90 Å². The van der Waals surface area contributed by atoms with Crippen LogP contribution in [-0.4, -0.2) is 17.1 Å². The first kappa shape index (κ1) is 17.5. The van der Waals surface area contributed by atoms with Crippen LogP contribution in [-0.2, 0) is 4.79 Å². The van der Waals surface area contributed by atoms with E-state index < -0.39 is 0 Å². The van der Waals surface area contributed by atoms with E-state index in [4.69, 9.17) is 0 Å². The van der Waals surface area contributed by atoms with E-state index in [1.54, 1.807) is 0 Å². The Labute approximate surface area is 148 Å². The molecule has 0 saturated carbocycles. The number of phenolic OH excluding ortho intramolecular Hbond substituents is 1. The highest BCUT2D eigenvalue weighted by Crippen LogP contribution is 2.33. The van der Waals surface area contributed by atoms with E-state index in [-0.39, 0.29) is 18.0 Å². The number of rotatable bonds is 3. The van der Waals surface area contributed by atoms with E-state index in [1.165, 1.54) is 0 Å². The number of nitrogens with one attached hydrogen (secondary N) is 3. The van der Waals surface area contributed by atoms with Gasteiger partial charge in [-0.2, -0.15) is 0 Å². The Hall–Kier alpha value is -2.37. The summed E-state index contributed by atoms with van der Waals surface area (Å²) in [4.78, 5) is 12.6. The van der Waals surface area contributed by atoms with Crippen molar-refractivity contribution < 1.29 is 9.90 Å². The van der Waals surface area contributed by atoms with Crippen LogP contribution in [0.4, 0.5) is 5.69 Å². The number of anilines is 1. The maximum atomic E-state index is 12.6. The number of hydrazine groups is 1. The molecule has 2 aromatic rings. The first-order valence-corrected chi connectivity index (χ1v) is 8.55. The Kier molecular flexibility index (Phi) is 4.79. The number of aromatic hydroxyl groups is 1. The zero-order chi connectivity index (χ0) is 18.1. The molecule has 1 aliphatic rings. The van der Waals surface area contributed by atoms with Gasteiger partial charge in [-0.25, -0.2) is 10.9 Å². The number of hydrogen-bond acceptors (Lipinski definition) is 4. The fourth-order valence-electron chi connectivity index (χ4n) is 3.26. The van der Waals surface area contributed by atoms with Gasteiger partial charge in [-0.15, -0.1) is 0 Å². The van der Waals surface area contributed by atoms with Crippen LogP contribution >= 0.6 is 0 Å². The summed E-state index contributed by atoms with van der Waals surface area (Å²) in [7, 11) is 0. The van der Waals surface area contributed by atoms with Gasteiger partial charge in [0.05, 0.1) is 6.04 Å². The number of hydrogen-bond donors (Lipinski definition) is 4. The average Bonchev–Trinajstić information content (AvgIpc) is 3.06. The van der Waals surface area contributed by atoms with Crippen LogP contribution in [0.3, 0.4) is 0 Å². The quantitative estimate of drug-likeness (QED) is 0.693. The molecule has 0 aromatic heterocycles. The van der Waals surface area contributed by atoms with Crippen molar-refractivity contribution in [3.63, 3.8) is 0 Å². The fourth-order valence-corrected chi connectivity index (χ4v) is 3.26. The molecule has 0 radical (unpaired) electrons. The molecule has 1 fully saturated rings. The zero-order valence-corrected chi connectivity index (χ0v) is 15.1. The van der Waals surface area contributed by atoms with E-state index in [0.29, 0.717) is 12.2 Å². The molecule has 5 heteroatoms. The molecule has 2 unspecified atom stereocenters. The van der Waals surface area contributed by atoms with Crippen molar-refractivity contribution in [1.29, 1.82) is 0 Å². The molecule has 1 saturated heterocycles. The van der Waals surface area contributed by atoms with Crippen molar-refractivity contribution in [2.45, 2.75) is 46.2 Å². The lowest BCUT2D eigenvalue weighted by atomic mass is 9.96. The summed E-state index contributed by atoms with van der Waals surface area (Å²) in [5.41, 5.74) is 11.9. The smallest absolute Gasteiger partial charge is 0.242 e. The second kappa shape index (κ2) is 6.86. The summed E-state index contributed by atoms with van der Waals surface area (Å²) in [6.07, 6.45) is 0.576. The number of carbonyl (C=O) groups excluding carboxylic acids is 1. The molecule has 0 aliphatic carbocycles. The molecule has 1 amide bonds. The van der Waals surface area contributed by atoms with Crippen LogP contribution in [0.15, 0.2) is 30.3 Å². The molecule has 4 N–H and O–H groups in total. The molecule has 0 bridgehead atoms. The lowest BCUT2D eigenvalue weighted by Crippen LogP contribution is -2.39. The molecule has 25 heavy (non-hydrogen) atoms. The number of carbonyl (C=O) groups is 1. The van der Waals surface area contributed by atoms with E-state index in [2.05, 4.69) is 16.2 Å². The Morgan fingerprint density at radius 2 is 1.72 bits per heavy atom. The Bertz CT molecular complexity index is 797. The van der Waals surface area contributed by atoms with Gasteiger partial charge in [0.25, 0.3) is 0 Å². The standard InChI is InChI=1S/C20H25N3O2/c1-11-8-9-15(19(24)14(11)4)16-10-17(23-22-16)20(25)21-18-12(2)6-5-7-13(18)3/h5-9,16-17,22-24H,10H2,1-4H3,(H,21,25). The molecule has 2 atom stereocenters. The second-order valence-corrected chi connectivity index (χ2v) is 6.83. The second-order valence-electron chi connectivity index (χ2n) is 6.83. The van der Waals surface area contributed by atoms with Crippen LogP contribution in [0.2, 0.25) is 0 Å². The van der Waals surface area contributed by atoms with E-state index >= 15 is 0 Å². The Balaban J connectivity index is 1.73. The molecule has 5 nitrogen and oxygen atoms in total. The highest BCUT2D eigenvalue weighted by molar-refractivity contribution is 5.96. The molecule has 3 rings (SSSR count). The third-order valence-corrected chi connectivity index (χ3v) is 5.06. The van der Waals surface area contributed by atoms with Crippen LogP contribution in [0.1, 0.15) is 40.3 Å². The van der Waals surface area contributed by atoms with Crippen molar-refractivity contribution >= 4 is 11.6 Å². The van der Waals surface area contributed by atoms with Gasteiger partial charge in [-0.1, -0.05) is 30.3 Å². The third kappa shape index (κ3) is 3.38. The maximum absolute atomic E-state index is 12.6. The highest BCUT2D eigenvalue weighted by Gasteiger charge is 2.32. The molecule has 0 spiro atoms. The van der Waals surface area contributed by atoms with Gasteiger partial charge in [-0.3, -0.25) is 4.79 Å². The van der Waals surface area contributed by atoms with Gasteiger partial charge in [-0.05, 0) is 56.4 Å². The van der Waals surface area contributed by atoms with Gasteiger partial charge in [0.15, 0.2) is 0 Å². The molecular formula is C20H25N3O2. The molecule has 1 heterocycles. The predicted molar refractivity (Wildman–Crippen MR) is 99.5 cm³/mol. The van der Waals surface area contributed by atoms with E-state index in [0.717, 1.165) is 33.5 Å². The van der Waals surface area contributed by atoms with Crippen LogP contribution in [0.25, 0.3) is 0 Å². The minimum atomic E-state index is -0.356. The number of amides is 1. The Morgan fingerprint density at radius 1 is 1.04 bits per heavy atom. The summed E-state index contributed by atoms with van der Waals surface area (Å²) < 4.78 is 0. The van der Waals surface area contributed by atoms with E-state index in [1.807, 2.05) is 58.0 Å². The first-order chi connectivity index (χ1) is 11.9. The van der Waals surface area contributed by atoms with Crippen LogP contribution < -0.4 is 16.2 Å². The van der Waals surface area contributed by atoms with Gasteiger partial charge < -0.3 is 10.4 Å². The summed E-state index contributed by atoms with van der Waals surface area (Å²) in [6, 6.07) is 9.41. The molecular weight excluding hydrogens is 314 g/mol. The van der Waals surface area contributed by atoms with Crippen molar-refractivity contribution in [2.24, 2.45) is 0 Å². The third-order valence-electron chi connectivity index (χ3n) is 5.06. The molecule has 2 aromatic carbocycles. The van der Waals surface area contributed by atoms with Gasteiger partial charge in [0.2, 0.25) is 5.91 Å². The van der Waals surface area contributed by atoms with Gasteiger partial charge >= 0.3 is 0 Å². The topological polar surface area (TPSA) is 73.4 Å². The number of benzene rings is 2. The van der Waals surface area contributed by atoms with Gasteiger partial charge in [0.1, 0.15) is 11.8 Å². The lowest BCUT2D eigenvalue weighted by molar-refractivity contribution is -0.117. The monoisotopic (exact) mass is 339 g/mol. The minimum absolute atomic E-state index is 0.0734. The minimum Gasteiger partial charge on any atom is -0.507 e. The summed E-state index contributed by atoms with van der Waals surface area (Å²) in [5.74, 6) is 0.228. The normalized spacial score (nSPS) is 19.8. The fraction of sp³-hybridized carbons (Fsp3) is 0.350. The van der Waals surface area contributed by atoms with Crippen LogP contribution in [0.5, 0.6) is 5.75 Å². The van der Waals surface area contributed by atoms with Crippen molar-refractivity contribution in [3.05, 3.63) is 58.1 Å². The Morgan fingerprint density at radius 3 is 2.40 bits per heavy atom. The first-order valence-electron chi connectivity index (χ1n) is 8.55. The zero-order valence-electron chi connectivity index (χ0n) is 15.1. The average molecular weight is 339 g/mol. The van der Waals surface area contributed by atoms with Gasteiger partial charge in [0, 0.05) is 11.3 Å². The largest absolute Gasteiger partial charge is 0.507 e. The van der Waals surface area contributed by atoms with Crippen LogP contribution in [0, 0.1) is 27.7 Å². The number of aryl methyl sites for hydroxylation is 3. The van der Waals surface area contributed by atoms with Crippen molar-refractivity contribution in [2.75, 3.05) is 5.32 Å². The SMILES string of the molecule is Cc1ccc(C2CC(C(=O)Nc3c(C)cccc3C)NN2)c(O)c1C. The summed E-state index contributed by atoms with van der Waals surface area (Å²) in [6.45, 7) is 7.85. The number of phenols is 1. The molecule has 1 aliphatic heterocycles. The van der Waals surface area contributed by atoms with Crippen molar-refractivity contribution in [3.8, 4) is 5.75 Å². The highest BCUT2D eigenvalue weighted by atomic mass is 16.3. The number of para-hydroxylation sites is 1. The summed E-state index contributed by atoms with van der Waals surface area (Å²) in [5, 5.41) is 13.4.